The van der Waals surface area contributed by atoms with Gasteiger partial charge in [-0.05, 0) is 23.8 Å². The predicted octanol–water partition coefficient (Wildman–Crippen LogP) is 4.97. The number of hydrogen-bond acceptors (Lipinski definition) is 5. The Hall–Kier alpha value is -2.68. The van der Waals surface area contributed by atoms with Gasteiger partial charge >= 0.3 is 0 Å². The SMILES string of the molecule is O=C(CCNC(=O)c1nc(SCc2ccccc2Cl)ncc1Cl)Nc1ccccc1F. The second-order valence-electron chi connectivity index (χ2n) is 6.26. The van der Waals surface area contributed by atoms with Crippen molar-refractivity contribution < 1.29 is 14.0 Å². The van der Waals surface area contributed by atoms with Crippen LogP contribution in [0.1, 0.15) is 22.5 Å². The molecule has 0 bridgehead atoms. The van der Waals surface area contributed by atoms with Crippen LogP contribution < -0.4 is 10.6 Å². The fourth-order valence-corrected chi connectivity index (χ4v) is 3.76. The maximum Gasteiger partial charge on any atom is 0.271 e. The third kappa shape index (κ3) is 6.65. The van der Waals surface area contributed by atoms with E-state index >= 15 is 0 Å². The first-order chi connectivity index (χ1) is 14.9. The monoisotopic (exact) mass is 478 g/mol. The molecule has 0 aliphatic heterocycles. The second kappa shape index (κ2) is 11.1. The molecule has 1 aromatic heterocycles. The molecule has 3 rings (SSSR count). The number of amides is 2. The molecule has 0 aliphatic rings. The number of nitrogens with zero attached hydrogens (tertiary/aromatic N) is 2. The molecule has 2 N–H and O–H groups in total. The third-order valence-corrected chi connectivity index (χ3v) is 5.59. The van der Waals surface area contributed by atoms with Gasteiger partial charge in [-0.2, -0.15) is 0 Å². The van der Waals surface area contributed by atoms with Gasteiger partial charge in [0.1, 0.15) is 5.82 Å². The number of halogens is 3. The third-order valence-electron chi connectivity index (χ3n) is 4.04. The summed E-state index contributed by atoms with van der Waals surface area (Å²) in [6.45, 7) is 0.0293. The van der Waals surface area contributed by atoms with Gasteiger partial charge in [0, 0.05) is 23.7 Å². The number of carbonyl (C=O) groups excluding carboxylic acids is 2. The topological polar surface area (TPSA) is 84.0 Å². The van der Waals surface area contributed by atoms with E-state index in [2.05, 4.69) is 20.6 Å². The molecule has 0 radical (unpaired) electrons. The van der Waals surface area contributed by atoms with E-state index in [1.807, 2.05) is 18.2 Å². The van der Waals surface area contributed by atoms with Gasteiger partial charge in [-0.3, -0.25) is 9.59 Å². The van der Waals surface area contributed by atoms with Crippen LogP contribution in [-0.2, 0) is 10.5 Å². The summed E-state index contributed by atoms with van der Waals surface area (Å²) >= 11 is 13.5. The molecule has 0 saturated carbocycles. The molecule has 0 unspecified atom stereocenters. The molecule has 160 valence electrons. The van der Waals surface area contributed by atoms with Gasteiger partial charge in [0.05, 0.1) is 16.9 Å². The van der Waals surface area contributed by atoms with Gasteiger partial charge in [-0.1, -0.05) is 65.3 Å². The lowest BCUT2D eigenvalue weighted by atomic mass is 10.2. The zero-order valence-corrected chi connectivity index (χ0v) is 18.4. The smallest absolute Gasteiger partial charge is 0.271 e. The van der Waals surface area contributed by atoms with Crippen molar-refractivity contribution in [3.63, 3.8) is 0 Å². The Labute approximate surface area is 192 Å². The van der Waals surface area contributed by atoms with Crippen molar-refractivity contribution in [3.05, 3.63) is 81.8 Å². The lowest BCUT2D eigenvalue weighted by molar-refractivity contribution is -0.116. The number of carbonyl (C=O) groups is 2. The summed E-state index contributed by atoms with van der Waals surface area (Å²) in [5.74, 6) is -0.978. The molecule has 6 nitrogen and oxygen atoms in total. The summed E-state index contributed by atoms with van der Waals surface area (Å²) in [6, 6.07) is 13.2. The Morgan fingerprint density at radius 3 is 2.55 bits per heavy atom. The standard InChI is InChI=1S/C21H17Cl2FN4O2S/c22-14-6-2-1-5-13(14)12-31-21-26-11-15(23)19(28-21)20(30)25-10-9-18(29)27-17-8-4-3-7-16(17)24/h1-8,11H,9-10,12H2,(H,25,30)(H,27,29). The van der Waals surface area contributed by atoms with Gasteiger partial charge in [-0.15, -0.1) is 0 Å². The maximum absolute atomic E-state index is 13.6. The number of benzene rings is 2. The van der Waals surface area contributed by atoms with Crippen molar-refractivity contribution in [2.75, 3.05) is 11.9 Å². The fourth-order valence-electron chi connectivity index (χ4n) is 2.49. The van der Waals surface area contributed by atoms with Crippen molar-refractivity contribution in [3.8, 4) is 0 Å². The first-order valence-corrected chi connectivity index (χ1v) is 10.9. The van der Waals surface area contributed by atoms with Crippen LogP contribution in [-0.4, -0.2) is 28.3 Å². The number of rotatable bonds is 8. The van der Waals surface area contributed by atoms with Crippen molar-refractivity contribution >= 4 is 52.5 Å². The number of aromatic nitrogens is 2. The van der Waals surface area contributed by atoms with Gasteiger partial charge in [-0.25, -0.2) is 14.4 Å². The summed E-state index contributed by atoms with van der Waals surface area (Å²) in [6.07, 6.45) is 1.31. The Morgan fingerprint density at radius 1 is 1.03 bits per heavy atom. The van der Waals surface area contributed by atoms with E-state index in [0.29, 0.717) is 15.9 Å². The van der Waals surface area contributed by atoms with E-state index in [-0.39, 0.29) is 29.4 Å². The highest BCUT2D eigenvalue weighted by molar-refractivity contribution is 7.98. The van der Waals surface area contributed by atoms with E-state index in [0.717, 1.165) is 5.56 Å². The van der Waals surface area contributed by atoms with Gasteiger partial charge in [0.15, 0.2) is 10.9 Å². The van der Waals surface area contributed by atoms with Crippen LogP contribution in [0.15, 0.2) is 59.9 Å². The van der Waals surface area contributed by atoms with Gasteiger partial charge in [0.25, 0.3) is 5.91 Å². The Morgan fingerprint density at radius 2 is 1.77 bits per heavy atom. The second-order valence-corrected chi connectivity index (χ2v) is 8.02. The molecule has 2 amide bonds. The minimum atomic E-state index is -0.536. The molecule has 0 spiro atoms. The van der Waals surface area contributed by atoms with Crippen LogP contribution in [0.2, 0.25) is 10.0 Å². The van der Waals surface area contributed by atoms with Crippen LogP contribution in [0.25, 0.3) is 0 Å². The molecule has 0 aliphatic carbocycles. The van der Waals surface area contributed by atoms with E-state index in [9.17, 15) is 14.0 Å². The summed E-state index contributed by atoms with van der Waals surface area (Å²) in [4.78, 5) is 32.7. The quantitative estimate of drug-likeness (QED) is 0.352. The summed E-state index contributed by atoms with van der Waals surface area (Å²) < 4.78 is 13.6. The number of thioether (sulfide) groups is 1. The van der Waals surface area contributed by atoms with E-state index < -0.39 is 17.6 Å². The first-order valence-electron chi connectivity index (χ1n) is 9.15. The van der Waals surface area contributed by atoms with Crippen molar-refractivity contribution in [1.29, 1.82) is 0 Å². The molecule has 31 heavy (non-hydrogen) atoms. The van der Waals surface area contributed by atoms with E-state index in [1.54, 1.807) is 12.1 Å². The Bertz CT molecular complexity index is 1100. The number of hydrogen-bond donors (Lipinski definition) is 2. The average Bonchev–Trinajstić information content (AvgIpc) is 2.75. The van der Waals surface area contributed by atoms with Crippen LogP contribution >= 0.6 is 35.0 Å². The van der Waals surface area contributed by atoms with E-state index in [1.165, 1.54) is 36.2 Å². The zero-order chi connectivity index (χ0) is 22.2. The van der Waals surface area contributed by atoms with Gasteiger partial charge in [0.2, 0.25) is 5.91 Å². The zero-order valence-electron chi connectivity index (χ0n) is 16.1. The largest absolute Gasteiger partial charge is 0.350 e. The molecule has 0 saturated heterocycles. The number of nitrogens with one attached hydrogen (secondary N) is 2. The lowest BCUT2D eigenvalue weighted by Crippen LogP contribution is -2.28. The summed E-state index contributed by atoms with van der Waals surface area (Å²) in [5.41, 5.74) is 1.00. The molecule has 10 heteroatoms. The Balaban J connectivity index is 1.53. The molecule has 2 aromatic carbocycles. The normalized spacial score (nSPS) is 10.5. The molecule has 0 fully saturated rings. The first kappa shape index (κ1) is 23.0. The highest BCUT2D eigenvalue weighted by atomic mass is 35.5. The minimum Gasteiger partial charge on any atom is -0.350 e. The van der Waals surface area contributed by atoms with E-state index in [4.69, 9.17) is 23.2 Å². The van der Waals surface area contributed by atoms with Crippen molar-refractivity contribution in [2.24, 2.45) is 0 Å². The average molecular weight is 479 g/mol. The van der Waals surface area contributed by atoms with Crippen molar-refractivity contribution in [2.45, 2.75) is 17.3 Å². The highest BCUT2D eigenvalue weighted by Crippen LogP contribution is 2.25. The molecule has 1 heterocycles. The van der Waals surface area contributed by atoms with Crippen LogP contribution in [0, 0.1) is 5.82 Å². The highest BCUT2D eigenvalue weighted by Gasteiger charge is 2.15. The molecule has 0 atom stereocenters. The summed E-state index contributed by atoms with van der Waals surface area (Å²) in [7, 11) is 0. The summed E-state index contributed by atoms with van der Waals surface area (Å²) in [5, 5.41) is 6.13. The van der Waals surface area contributed by atoms with Crippen LogP contribution in [0.5, 0.6) is 0 Å². The lowest BCUT2D eigenvalue weighted by Gasteiger charge is -2.09. The number of anilines is 1. The predicted molar refractivity (Wildman–Crippen MR) is 120 cm³/mol. The van der Waals surface area contributed by atoms with Crippen LogP contribution in [0.3, 0.4) is 0 Å². The molecular weight excluding hydrogens is 462 g/mol. The molecule has 3 aromatic rings. The van der Waals surface area contributed by atoms with Crippen LogP contribution in [0.4, 0.5) is 10.1 Å². The van der Waals surface area contributed by atoms with Crippen molar-refractivity contribution in [1.82, 2.24) is 15.3 Å². The van der Waals surface area contributed by atoms with Gasteiger partial charge < -0.3 is 10.6 Å². The Kier molecular flexibility index (Phi) is 8.22. The molecular formula is C21H17Cl2FN4O2S. The number of para-hydroxylation sites is 1. The fraction of sp³-hybridized carbons (Fsp3) is 0.143. The minimum absolute atomic E-state index is 0.00726. The maximum atomic E-state index is 13.6.